The number of morpholine rings is 1. The van der Waals surface area contributed by atoms with Crippen LogP contribution in [0.3, 0.4) is 0 Å². The lowest BCUT2D eigenvalue weighted by Crippen LogP contribution is -2.49. The van der Waals surface area contributed by atoms with Gasteiger partial charge in [-0.2, -0.15) is 11.3 Å². The fourth-order valence-corrected chi connectivity index (χ4v) is 4.35. The molecule has 2 unspecified atom stereocenters. The number of rotatable bonds is 3. The van der Waals surface area contributed by atoms with Gasteiger partial charge in [0.05, 0.1) is 12.6 Å². The van der Waals surface area contributed by atoms with Crippen LogP contribution < -0.4 is 5.73 Å². The van der Waals surface area contributed by atoms with Crippen LogP contribution in [0.5, 0.6) is 0 Å². The maximum absolute atomic E-state index is 12.8. The normalized spacial score (nSPS) is 33.3. The van der Waals surface area contributed by atoms with Crippen LogP contribution in [-0.4, -0.2) is 36.5 Å². The summed E-state index contributed by atoms with van der Waals surface area (Å²) in [4.78, 5) is 14.9. The molecule has 2 N–H and O–H groups in total. The molecule has 4 atom stereocenters. The van der Waals surface area contributed by atoms with Crippen LogP contribution in [0.4, 0.5) is 0 Å². The molecule has 3 rings (SSSR count). The van der Waals surface area contributed by atoms with Crippen molar-refractivity contribution in [2.24, 2.45) is 17.6 Å². The molecule has 116 valence electrons. The van der Waals surface area contributed by atoms with E-state index in [1.807, 2.05) is 11.8 Å². The van der Waals surface area contributed by atoms with Gasteiger partial charge >= 0.3 is 0 Å². The van der Waals surface area contributed by atoms with Crippen LogP contribution in [0.1, 0.15) is 37.9 Å². The number of carbonyl (C=O) groups excluding carboxylic acids is 1. The quantitative estimate of drug-likeness (QED) is 0.933. The van der Waals surface area contributed by atoms with Crippen molar-refractivity contribution in [3.05, 3.63) is 22.4 Å². The lowest BCUT2D eigenvalue weighted by molar-refractivity contribution is -0.150. The van der Waals surface area contributed by atoms with Gasteiger partial charge in [-0.15, -0.1) is 0 Å². The van der Waals surface area contributed by atoms with E-state index in [0.29, 0.717) is 31.5 Å². The SMILES string of the molecule is CC1CN(C(=O)[C@@H]2CCC[C@@H]2CN)CC(c2ccsc2)O1. The van der Waals surface area contributed by atoms with Gasteiger partial charge in [0.25, 0.3) is 0 Å². The molecule has 5 heteroatoms. The molecule has 1 aliphatic carbocycles. The minimum absolute atomic E-state index is 0.0154. The number of thiophene rings is 1. The minimum Gasteiger partial charge on any atom is -0.367 e. The van der Waals surface area contributed by atoms with Crippen molar-refractivity contribution in [3.63, 3.8) is 0 Å². The molecule has 2 fully saturated rings. The second kappa shape index (κ2) is 6.46. The Kier molecular flexibility index (Phi) is 4.62. The summed E-state index contributed by atoms with van der Waals surface area (Å²) < 4.78 is 6.01. The lowest BCUT2D eigenvalue weighted by atomic mass is 9.94. The summed E-state index contributed by atoms with van der Waals surface area (Å²) in [5.41, 5.74) is 7.02. The van der Waals surface area contributed by atoms with E-state index in [1.165, 1.54) is 5.56 Å². The molecule has 2 heterocycles. The van der Waals surface area contributed by atoms with Crippen molar-refractivity contribution in [3.8, 4) is 0 Å². The Hall–Kier alpha value is -0.910. The lowest BCUT2D eigenvalue weighted by Gasteiger charge is -2.38. The summed E-state index contributed by atoms with van der Waals surface area (Å²) >= 11 is 1.67. The summed E-state index contributed by atoms with van der Waals surface area (Å²) in [5, 5.41) is 4.18. The smallest absolute Gasteiger partial charge is 0.226 e. The van der Waals surface area contributed by atoms with E-state index in [1.54, 1.807) is 11.3 Å². The van der Waals surface area contributed by atoms with E-state index in [4.69, 9.17) is 10.5 Å². The van der Waals surface area contributed by atoms with Crippen molar-refractivity contribution < 1.29 is 9.53 Å². The van der Waals surface area contributed by atoms with Gasteiger partial charge in [0.15, 0.2) is 0 Å². The average Bonchev–Trinajstić information content (AvgIpc) is 3.16. The van der Waals surface area contributed by atoms with Crippen LogP contribution in [-0.2, 0) is 9.53 Å². The molecule has 0 radical (unpaired) electrons. The van der Waals surface area contributed by atoms with Crippen molar-refractivity contribution in [1.29, 1.82) is 0 Å². The van der Waals surface area contributed by atoms with Gasteiger partial charge in [0.1, 0.15) is 6.10 Å². The third-order valence-corrected chi connectivity index (χ3v) is 5.47. The fourth-order valence-electron chi connectivity index (χ4n) is 3.65. The van der Waals surface area contributed by atoms with Gasteiger partial charge in [-0.3, -0.25) is 4.79 Å². The highest BCUT2D eigenvalue weighted by molar-refractivity contribution is 7.07. The van der Waals surface area contributed by atoms with Crippen LogP contribution in [0, 0.1) is 11.8 Å². The Morgan fingerprint density at radius 2 is 2.33 bits per heavy atom. The van der Waals surface area contributed by atoms with Gasteiger partial charge in [-0.25, -0.2) is 0 Å². The molecule has 2 aliphatic rings. The molecule has 1 saturated heterocycles. The summed E-state index contributed by atoms with van der Waals surface area (Å²) in [7, 11) is 0. The molecule has 0 aromatic carbocycles. The van der Waals surface area contributed by atoms with Crippen molar-refractivity contribution >= 4 is 17.2 Å². The van der Waals surface area contributed by atoms with E-state index < -0.39 is 0 Å². The van der Waals surface area contributed by atoms with Gasteiger partial charge in [-0.1, -0.05) is 6.42 Å². The van der Waals surface area contributed by atoms with E-state index >= 15 is 0 Å². The van der Waals surface area contributed by atoms with Gasteiger partial charge < -0.3 is 15.4 Å². The highest BCUT2D eigenvalue weighted by Crippen LogP contribution is 2.34. The molecular formula is C16H24N2O2S. The maximum Gasteiger partial charge on any atom is 0.226 e. The third-order valence-electron chi connectivity index (χ3n) is 4.77. The highest BCUT2D eigenvalue weighted by Gasteiger charge is 2.38. The van der Waals surface area contributed by atoms with Gasteiger partial charge in [-0.05, 0) is 54.6 Å². The van der Waals surface area contributed by atoms with Crippen molar-refractivity contribution in [1.82, 2.24) is 4.90 Å². The predicted octanol–water partition coefficient (Wildman–Crippen LogP) is 2.41. The molecule has 1 aromatic heterocycles. The summed E-state index contributed by atoms with van der Waals surface area (Å²) in [6, 6.07) is 2.09. The number of ether oxygens (including phenoxy) is 1. The average molecular weight is 308 g/mol. The number of nitrogens with two attached hydrogens (primary N) is 1. The molecule has 4 nitrogen and oxygen atoms in total. The summed E-state index contributed by atoms with van der Waals surface area (Å²) in [6.45, 7) is 4.05. The van der Waals surface area contributed by atoms with E-state index in [2.05, 4.69) is 16.8 Å². The molecule has 1 amide bonds. The molecular weight excluding hydrogens is 284 g/mol. The number of carbonyl (C=O) groups is 1. The standard InChI is InChI=1S/C16H24N2O2S/c1-11-8-18(9-15(20-11)13-5-6-21-10-13)16(19)14-4-2-3-12(14)7-17/h5-6,10-12,14-15H,2-4,7-9,17H2,1H3/t11?,12-,14-,15?/m1/s1. The van der Waals surface area contributed by atoms with Crippen molar-refractivity contribution in [2.45, 2.75) is 38.4 Å². The topological polar surface area (TPSA) is 55.6 Å². The highest BCUT2D eigenvalue weighted by atomic mass is 32.1. The van der Waals surface area contributed by atoms with Crippen LogP contribution in [0.2, 0.25) is 0 Å². The second-order valence-corrected chi connectivity index (χ2v) is 7.05. The Morgan fingerprint density at radius 1 is 1.48 bits per heavy atom. The first-order valence-corrected chi connectivity index (χ1v) is 8.79. The molecule has 0 spiro atoms. The van der Waals surface area contributed by atoms with Crippen LogP contribution in [0.25, 0.3) is 0 Å². The van der Waals surface area contributed by atoms with Gasteiger partial charge in [0, 0.05) is 12.5 Å². The van der Waals surface area contributed by atoms with E-state index in [0.717, 1.165) is 19.3 Å². The molecule has 1 aliphatic heterocycles. The predicted molar refractivity (Wildman–Crippen MR) is 84.1 cm³/mol. The number of amides is 1. The van der Waals surface area contributed by atoms with Crippen molar-refractivity contribution in [2.75, 3.05) is 19.6 Å². The van der Waals surface area contributed by atoms with E-state index in [9.17, 15) is 4.79 Å². The maximum atomic E-state index is 12.8. The summed E-state index contributed by atoms with van der Waals surface area (Å²) in [6.07, 6.45) is 3.33. The first kappa shape index (κ1) is 15.0. The molecule has 0 bridgehead atoms. The van der Waals surface area contributed by atoms with Crippen LogP contribution in [0.15, 0.2) is 16.8 Å². The zero-order valence-electron chi connectivity index (χ0n) is 12.5. The Morgan fingerprint density at radius 3 is 3.05 bits per heavy atom. The second-order valence-electron chi connectivity index (χ2n) is 6.27. The number of hydrogen-bond acceptors (Lipinski definition) is 4. The number of hydrogen-bond donors (Lipinski definition) is 1. The third kappa shape index (κ3) is 3.15. The fraction of sp³-hybridized carbons (Fsp3) is 0.688. The summed E-state index contributed by atoms with van der Waals surface area (Å²) in [5.74, 6) is 0.789. The minimum atomic E-state index is 0.0154. The molecule has 1 aromatic rings. The zero-order chi connectivity index (χ0) is 14.8. The molecule has 21 heavy (non-hydrogen) atoms. The molecule has 1 saturated carbocycles. The van der Waals surface area contributed by atoms with Crippen LogP contribution >= 0.6 is 11.3 Å². The zero-order valence-corrected chi connectivity index (χ0v) is 13.3. The monoisotopic (exact) mass is 308 g/mol. The Bertz CT molecular complexity index is 477. The Balaban J connectivity index is 1.70. The van der Waals surface area contributed by atoms with Gasteiger partial charge in [0.2, 0.25) is 5.91 Å². The first-order valence-electron chi connectivity index (χ1n) is 7.85. The first-order chi connectivity index (χ1) is 10.2. The Labute approximate surface area is 130 Å². The van der Waals surface area contributed by atoms with E-state index in [-0.39, 0.29) is 18.1 Å². The largest absolute Gasteiger partial charge is 0.367 e. The number of nitrogens with zero attached hydrogens (tertiary/aromatic N) is 1.